The van der Waals surface area contributed by atoms with E-state index in [0.717, 1.165) is 11.3 Å². The second kappa shape index (κ2) is 10.8. The number of rotatable bonds is 10. The van der Waals surface area contributed by atoms with Crippen LogP contribution in [0.2, 0.25) is 0 Å². The van der Waals surface area contributed by atoms with Crippen molar-refractivity contribution in [3.05, 3.63) is 22.8 Å². The van der Waals surface area contributed by atoms with Crippen molar-refractivity contribution in [3.63, 3.8) is 0 Å². The van der Waals surface area contributed by atoms with Crippen LogP contribution < -0.4 is 10.6 Å². The fraction of sp³-hybridized carbons (Fsp3) is 0.500. The molecule has 14 nitrogen and oxygen atoms in total. The lowest BCUT2D eigenvalue weighted by atomic mass is 9.80. The Morgan fingerprint density at radius 3 is 2.82 bits per heavy atom. The van der Waals surface area contributed by atoms with Gasteiger partial charge < -0.3 is 35.1 Å². The summed E-state index contributed by atoms with van der Waals surface area (Å²) in [6.07, 6.45) is 2.21. The normalized spacial score (nSPS) is 29.8. The molecule has 5 atom stereocenters. The van der Waals surface area contributed by atoms with Crippen molar-refractivity contribution < 1.29 is 38.7 Å². The van der Waals surface area contributed by atoms with Gasteiger partial charge in [-0.2, -0.15) is 0 Å². The predicted molar refractivity (Wildman–Crippen MR) is 142 cm³/mol. The Balaban J connectivity index is 1.32. The number of carbonyl (C=O) groups is 5. The third-order valence-electron chi connectivity index (χ3n) is 6.82. The number of carbonyl (C=O) groups excluding carboxylic acids is 4. The number of aliphatic carboxylic acids is 1. The fourth-order valence-corrected chi connectivity index (χ4v) is 9.05. The van der Waals surface area contributed by atoms with E-state index < -0.39 is 28.6 Å². The number of nitrogens with one attached hydrogen (secondary N) is 2. The average molecular weight is 597 g/mol. The van der Waals surface area contributed by atoms with E-state index in [1.165, 1.54) is 54.2 Å². The Hall–Kier alpha value is -3.15. The first-order valence-corrected chi connectivity index (χ1v) is 14.5. The van der Waals surface area contributed by atoms with Crippen LogP contribution in [0.4, 0.5) is 5.13 Å². The molecule has 1 aromatic rings. The molecule has 3 N–H and O–H groups in total. The van der Waals surface area contributed by atoms with E-state index >= 15 is 0 Å². The molecule has 0 aliphatic carbocycles. The summed E-state index contributed by atoms with van der Waals surface area (Å²) in [5.74, 6) is -1.75. The molecule has 1 aromatic heterocycles. The van der Waals surface area contributed by atoms with Gasteiger partial charge in [-0.3, -0.25) is 19.2 Å². The first-order valence-electron chi connectivity index (χ1n) is 11.6. The highest BCUT2D eigenvalue weighted by atomic mass is 32.2. The largest absolute Gasteiger partial charge is 0.478 e. The smallest absolute Gasteiger partial charge is 0.334 e. The Bertz CT molecular complexity index is 1290. The highest BCUT2D eigenvalue weighted by Gasteiger charge is 2.60. The van der Waals surface area contributed by atoms with E-state index in [0.29, 0.717) is 18.6 Å². The minimum Gasteiger partial charge on any atom is -0.478 e. The number of amides is 4. The second-order valence-corrected chi connectivity index (χ2v) is 12.5. The van der Waals surface area contributed by atoms with Crippen LogP contribution in [0.3, 0.4) is 0 Å². The maximum Gasteiger partial charge on any atom is 0.334 e. The molecule has 5 rings (SSSR count). The number of aromatic nitrogens is 1. The van der Waals surface area contributed by atoms with Gasteiger partial charge in [-0.05, 0) is 0 Å². The molecule has 0 aromatic carbocycles. The summed E-state index contributed by atoms with van der Waals surface area (Å²) >= 11 is 3.94. The molecule has 0 radical (unpaired) electrons. The summed E-state index contributed by atoms with van der Waals surface area (Å²) in [6, 6.07) is -0.829. The van der Waals surface area contributed by atoms with Crippen LogP contribution in [0.5, 0.6) is 0 Å². The van der Waals surface area contributed by atoms with Crippen molar-refractivity contribution in [2.75, 3.05) is 38.4 Å². The quantitative estimate of drug-likeness (QED) is 0.140. The molecule has 4 aliphatic rings. The predicted octanol–water partition coefficient (Wildman–Crippen LogP) is -0.263. The van der Waals surface area contributed by atoms with E-state index in [9.17, 15) is 29.1 Å². The number of carboxylic acid groups (broad SMARTS) is 1. The zero-order chi connectivity index (χ0) is 27.9. The van der Waals surface area contributed by atoms with Crippen LogP contribution in [0.15, 0.2) is 22.3 Å². The lowest BCUT2D eigenvalue weighted by Gasteiger charge is -2.58. The zero-order valence-electron chi connectivity index (χ0n) is 20.7. The number of methoxy groups -OCH3 is 1. The molecule has 4 amide bonds. The number of oxime groups is 1. The number of ether oxygens (including phenoxy) is 1. The standard InChI is InChI=1S/C22H24N6O8S3/c1-35-7-22(16-10(20(33)34)4-27-12(30)3-13(27)39-16)6-28-18(32)15(19(28)38-8-22)25-17(31)14(26-36-2)11-5-37-21(24-11)23-9-29/h4-5,9,13,15-16,19H,3,6-8H2,1-2H3,(H,25,31)(H,33,34)(H,23,24,29)/t13-,15?,16?,19-,22?/m1/s1. The first kappa shape index (κ1) is 27.4. The zero-order valence-corrected chi connectivity index (χ0v) is 23.1. The second-order valence-electron chi connectivity index (χ2n) is 9.20. The molecular formula is C22H24N6O8S3. The molecule has 3 fully saturated rings. The number of nitrogens with zero attached hydrogens (tertiary/aromatic N) is 4. The molecule has 3 unspecified atom stereocenters. The topological polar surface area (TPSA) is 180 Å². The third-order valence-corrected chi connectivity index (χ3v) is 10.9. The summed E-state index contributed by atoms with van der Waals surface area (Å²) in [5, 5.41) is 19.6. The van der Waals surface area contributed by atoms with Gasteiger partial charge in [0, 0.05) is 36.4 Å². The minimum absolute atomic E-state index is 0.102. The number of β-lactam (4-membered cyclic amide) rings is 2. The number of hydrogen-bond acceptors (Lipinski definition) is 12. The van der Waals surface area contributed by atoms with Gasteiger partial charge in [0.05, 0.1) is 29.2 Å². The summed E-state index contributed by atoms with van der Waals surface area (Å²) in [7, 11) is 2.80. The Morgan fingerprint density at radius 2 is 2.15 bits per heavy atom. The average Bonchev–Trinajstić information content (AvgIpc) is 3.37. The first-order chi connectivity index (χ1) is 18.7. The molecule has 0 saturated carbocycles. The van der Waals surface area contributed by atoms with Gasteiger partial charge in [-0.15, -0.1) is 34.9 Å². The number of thiazole rings is 1. The summed E-state index contributed by atoms with van der Waals surface area (Å²) in [5.41, 5.74) is -0.590. The minimum atomic E-state index is -1.12. The summed E-state index contributed by atoms with van der Waals surface area (Å²) in [4.78, 5) is 73.1. The van der Waals surface area contributed by atoms with Crippen LogP contribution in [0.1, 0.15) is 12.1 Å². The van der Waals surface area contributed by atoms with Gasteiger partial charge in [-0.25, -0.2) is 9.78 Å². The molecule has 5 heterocycles. The van der Waals surface area contributed by atoms with Gasteiger partial charge in [0.25, 0.3) is 5.91 Å². The molecule has 3 saturated heterocycles. The Labute approximate surface area is 234 Å². The maximum absolute atomic E-state index is 13.2. The van der Waals surface area contributed by atoms with Crippen molar-refractivity contribution in [1.82, 2.24) is 20.1 Å². The lowest BCUT2D eigenvalue weighted by Crippen LogP contribution is -2.75. The Morgan fingerprint density at radius 1 is 1.36 bits per heavy atom. The molecule has 39 heavy (non-hydrogen) atoms. The monoisotopic (exact) mass is 596 g/mol. The molecular weight excluding hydrogens is 572 g/mol. The van der Waals surface area contributed by atoms with Gasteiger partial charge in [0.15, 0.2) is 10.8 Å². The number of carboxylic acids is 1. The van der Waals surface area contributed by atoms with Crippen molar-refractivity contribution in [2.45, 2.75) is 28.5 Å². The van der Waals surface area contributed by atoms with Crippen LogP contribution >= 0.6 is 34.9 Å². The number of hydrogen-bond donors (Lipinski definition) is 3. The van der Waals surface area contributed by atoms with E-state index in [4.69, 9.17) is 9.57 Å². The van der Waals surface area contributed by atoms with E-state index in [1.54, 1.807) is 4.90 Å². The lowest BCUT2D eigenvalue weighted by molar-refractivity contribution is -0.151. The molecule has 17 heteroatoms. The summed E-state index contributed by atoms with van der Waals surface area (Å²) in [6.45, 7) is 0.445. The van der Waals surface area contributed by atoms with Gasteiger partial charge in [0.1, 0.15) is 24.2 Å². The SMILES string of the molecule is COCC1(C2S[C@@H]3CC(=O)N3C=C2C(=O)O)CS[C@@H]2C(NC(=O)C(=NOC)c3csc(NC=O)n3)C(=O)N2C1. The van der Waals surface area contributed by atoms with Gasteiger partial charge in [-0.1, -0.05) is 5.16 Å². The van der Waals surface area contributed by atoms with Crippen molar-refractivity contribution in [1.29, 1.82) is 0 Å². The molecule has 4 aliphatic heterocycles. The third kappa shape index (κ3) is 4.76. The highest BCUT2D eigenvalue weighted by molar-refractivity contribution is 8.01. The van der Waals surface area contributed by atoms with Crippen molar-refractivity contribution >= 4 is 75.8 Å². The van der Waals surface area contributed by atoms with Gasteiger partial charge in [0.2, 0.25) is 18.2 Å². The van der Waals surface area contributed by atoms with Crippen molar-refractivity contribution in [2.24, 2.45) is 10.6 Å². The Kier molecular flexibility index (Phi) is 7.58. The highest BCUT2D eigenvalue weighted by Crippen LogP contribution is 2.52. The van der Waals surface area contributed by atoms with Crippen LogP contribution in [0.25, 0.3) is 0 Å². The van der Waals surface area contributed by atoms with E-state index in [2.05, 4.69) is 20.8 Å². The van der Waals surface area contributed by atoms with Crippen LogP contribution in [0, 0.1) is 5.41 Å². The van der Waals surface area contributed by atoms with E-state index in [1.807, 2.05) is 0 Å². The maximum atomic E-state index is 13.2. The molecule has 208 valence electrons. The summed E-state index contributed by atoms with van der Waals surface area (Å²) < 4.78 is 5.53. The number of fused-ring (bicyclic) bond motifs is 2. The van der Waals surface area contributed by atoms with Gasteiger partial charge >= 0.3 is 5.97 Å². The van der Waals surface area contributed by atoms with Crippen LogP contribution in [-0.2, 0) is 33.5 Å². The number of thioether (sulfide) groups is 2. The van der Waals surface area contributed by atoms with Crippen LogP contribution in [-0.4, -0.2) is 111 Å². The fourth-order valence-electron chi connectivity index (χ4n) is 5.02. The molecule has 0 spiro atoms. The van der Waals surface area contributed by atoms with Crippen molar-refractivity contribution in [3.8, 4) is 0 Å². The van der Waals surface area contributed by atoms with E-state index in [-0.39, 0.29) is 57.8 Å². The molecule has 0 bridgehead atoms. The number of anilines is 1.